The number of carbonyl (C=O) groups excluding carboxylic acids is 1. The second-order valence-electron chi connectivity index (χ2n) is 7.22. The van der Waals surface area contributed by atoms with Crippen LogP contribution in [0.15, 0.2) is 29.3 Å². The highest BCUT2D eigenvalue weighted by molar-refractivity contribution is 14.0. The molecule has 1 unspecified atom stereocenters. The maximum absolute atomic E-state index is 11.9. The number of aliphatic imine (C=N–C) groups is 1. The third-order valence-corrected chi connectivity index (χ3v) is 6.04. The van der Waals surface area contributed by atoms with E-state index in [1.807, 2.05) is 16.7 Å². The van der Waals surface area contributed by atoms with Gasteiger partial charge in [0, 0.05) is 50.7 Å². The van der Waals surface area contributed by atoms with Gasteiger partial charge in [-0.2, -0.15) is 11.8 Å². The van der Waals surface area contributed by atoms with E-state index in [1.165, 1.54) is 11.3 Å². The molecule has 5 nitrogen and oxygen atoms in total. The minimum Gasteiger partial charge on any atom is -0.356 e. The van der Waals surface area contributed by atoms with Crippen LogP contribution in [0, 0.1) is 0 Å². The summed E-state index contributed by atoms with van der Waals surface area (Å²) in [6.45, 7) is 6.58. The summed E-state index contributed by atoms with van der Waals surface area (Å²) < 4.78 is 0. The van der Waals surface area contributed by atoms with Crippen molar-refractivity contribution in [1.82, 2.24) is 10.2 Å². The Bertz CT molecular complexity index is 670. The van der Waals surface area contributed by atoms with E-state index in [4.69, 9.17) is 4.99 Å². The number of para-hydroxylation sites is 1. The maximum Gasteiger partial charge on any atom is 0.222 e. The van der Waals surface area contributed by atoms with Crippen molar-refractivity contribution in [3.8, 4) is 0 Å². The van der Waals surface area contributed by atoms with Crippen molar-refractivity contribution < 1.29 is 4.79 Å². The molecular formula is C21H33IN4OS. The first-order chi connectivity index (χ1) is 13.2. The second-order valence-corrected chi connectivity index (χ2v) is 8.21. The maximum atomic E-state index is 11.9. The molecule has 0 saturated carbocycles. The van der Waals surface area contributed by atoms with Crippen molar-refractivity contribution in [3.63, 3.8) is 0 Å². The quantitative estimate of drug-likeness (QED) is 0.246. The van der Waals surface area contributed by atoms with E-state index in [-0.39, 0.29) is 24.0 Å². The average Bonchev–Trinajstić information content (AvgIpc) is 3.26. The normalized spacial score (nSPS) is 19.0. The van der Waals surface area contributed by atoms with Gasteiger partial charge in [-0.25, -0.2) is 0 Å². The summed E-state index contributed by atoms with van der Waals surface area (Å²) in [4.78, 5) is 21.2. The molecule has 7 heteroatoms. The summed E-state index contributed by atoms with van der Waals surface area (Å²) in [5.41, 5.74) is 2.65. The Morgan fingerprint density at radius 2 is 2.18 bits per heavy atom. The fraction of sp³-hybridized carbons (Fsp3) is 0.619. The number of thioether (sulfide) groups is 1. The van der Waals surface area contributed by atoms with Gasteiger partial charge < -0.3 is 15.1 Å². The monoisotopic (exact) mass is 516 g/mol. The standard InChI is InChI=1S/C21H32N4OS.HI/c1-3-22-21(23-12-7-15-27-2)25-16-17(18-8-4-5-9-19(18)25)11-14-24-13-6-10-20(24)26;/h4-5,8-9,17H,3,6-7,10-16H2,1-2H3,(H,22,23);1H. The number of hydrogen-bond acceptors (Lipinski definition) is 3. The summed E-state index contributed by atoms with van der Waals surface area (Å²) in [6, 6.07) is 8.67. The van der Waals surface area contributed by atoms with Gasteiger partial charge in [0.1, 0.15) is 0 Å². The molecule has 0 bridgehead atoms. The highest BCUT2D eigenvalue weighted by Gasteiger charge is 2.32. The van der Waals surface area contributed by atoms with E-state index >= 15 is 0 Å². The van der Waals surface area contributed by atoms with Crippen LogP contribution < -0.4 is 10.2 Å². The number of hydrogen-bond donors (Lipinski definition) is 1. The summed E-state index contributed by atoms with van der Waals surface area (Å²) >= 11 is 1.87. The second kappa shape index (κ2) is 11.9. The number of likely N-dealkylation sites (tertiary alicyclic amines) is 1. The Balaban J connectivity index is 0.00000280. The Morgan fingerprint density at radius 1 is 1.36 bits per heavy atom. The Labute approximate surface area is 190 Å². The van der Waals surface area contributed by atoms with Gasteiger partial charge >= 0.3 is 0 Å². The number of rotatable bonds is 8. The molecular weight excluding hydrogens is 483 g/mol. The number of amides is 1. The lowest BCUT2D eigenvalue weighted by atomic mass is 9.98. The van der Waals surface area contributed by atoms with Gasteiger partial charge in [0.15, 0.2) is 5.96 Å². The number of guanidine groups is 1. The van der Waals surface area contributed by atoms with Crippen molar-refractivity contribution in [2.24, 2.45) is 4.99 Å². The van der Waals surface area contributed by atoms with E-state index in [1.54, 1.807) is 0 Å². The van der Waals surface area contributed by atoms with E-state index in [0.717, 1.165) is 70.1 Å². The first-order valence-corrected chi connectivity index (χ1v) is 11.6. The fourth-order valence-corrected chi connectivity index (χ4v) is 4.40. The molecule has 1 amide bonds. The molecule has 0 spiro atoms. The number of halogens is 1. The largest absolute Gasteiger partial charge is 0.356 e. The first kappa shape index (κ1) is 23.3. The van der Waals surface area contributed by atoms with Crippen LogP contribution in [0.25, 0.3) is 0 Å². The minimum absolute atomic E-state index is 0. The van der Waals surface area contributed by atoms with E-state index in [2.05, 4.69) is 47.7 Å². The lowest BCUT2D eigenvalue weighted by Crippen LogP contribution is -2.41. The predicted octanol–water partition coefficient (Wildman–Crippen LogP) is 3.94. The van der Waals surface area contributed by atoms with Crippen LogP contribution in [0.1, 0.15) is 44.1 Å². The molecule has 1 N–H and O–H groups in total. The SMILES string of the molecule is CCNC(=NCCCSC)N1CC(CCN2CCCC2=O)c2ccccc21.I. The Hall–Kier alpha value is -0.960. The molecule has 2 aliphatic heterocycles. The molecule has 1 aromatic carbocycles. The van der Waals surface area contributed by atoms with Crippen molar-refractivity contribution in [3.05, 3.63) is 29.8 Å². The third kappa shape index (κ3) is 5.78. The molecule has 0 radical (unpaired) electrons. The smallest absolute Gasteiger partial charge is 0.222 e. The minimum atomic E-state index is 0. The molecule has 2 aliphatic rings. The average molecular weight is 516 g/mol. The van der Waals surface area contributed by atoms with Gasteiger partial charge in [0.25, 0.3) is 0 Å². The fourth-order valence-electron chi connectivity index (χ4n) is 3.98. The lowest BCUT2D eigenvalue weighted by molar-refractivity contribution is -0.127. The molecule has 156 valence electrons. The van der Waals surface area contributed by atoms with Crippen molar-refractivity contribution in [1.29, 1.82) is 0 Å². The topological polar surface area (TPSA) is 47.9 Å². The summed E-state index contributed by atoms with van der Waals surface area (Å²) in [5.74, 6) is 2.91. The Kier molecular flexibility index (Phi) is 9.91. The molecule has 1 fully saturated rings. The number of fused-ring (bicyclic) bond motifs is 1. The zero-order valence-electron chi connectivity index (χ0n) is 17.0. The van der Waals surface area contributed by atoms with Gasteiger partial charge in [-0.1, -0.05) is 18.2 Å². The van der Waals surface area contributed by atoms with Gasteiger partial charge in [-0.05, 0) is 49.8 Å². The number of benzene rings is 1. The molecule has 0 aromatic heterocycles. The van der Waals surface area contributed by atoms with Gasteiger partial charge in [-0.15, -0.1) is 24.0 Å². The molecule has 0 aliphatic carbocycles. The van der Waals surface area contributed by atoms with Crippen LogP contribution in [0.4, 0.5) is 5.69 Å². The number of nitrogens with zero attached hydrogens (tertiary/aromatic N) is 3. The van der Waals surface area contributed by atoms with Crippen molar-refractivity contribution in [2.75, 3.05) is 49.6 Å². The Morgan fingerprint density at radius 3 is 2.89 bits per heavy atom. The van der Waals surface area contributed by atoms with Gasteiger partial charge in [-0.3, -0.25) is 9.79 Å². The first-order valence-electron chi connectivity index (χ1n) is 10.2. The van der Waals surface area contributed by atoms with E-state index in [9.17, 15) is 4.79 Å². The van der Waals surface area contributed by atoms with E-state index in [0.29, 0.717) is 11.8 Å². The van der Waals surface area contributed by atoms with Crippen molar-refractivity contribution >= 4 is 53.3 Å². The van der Waals surface area contributed by atoms with Crippen LogP contribution >= 0.6 is 35.7 Å². The zero-order valence-corrected chi connectivity index (χ0v) is 20.2. The lowest BCUT2D eigenvalue weighted by Gasteiger charge is -2.23. The van der Waals surface area contributed by atoms with Crippen molar-refractivity contribution in [2.45, 2.75) is 38.5 Å². The number of nitrogens with one attached hydrogen (secondary N) is 1. The summed E-state index contributed by atoms with van der Waals surface area (Å²) in [5, 5.41) is 3.47. The number of carbonyl (C=O) groups is 1. The van der Waals surface area contributed by atoms with Crippen LogP contribution in [0.5, 0.6) is 0 Å². The van der Waals surface area contributed by atoms with E-state index < -0.39 is 0 Å². The van der Waals surface area contributed by atoms with Crippen LogP contribution in [0.3, 0.4) is 0 Å². The zero-order chi connectivity index (χ0) is 19.1. The van der Waals surface area contributed by atoms with Crippen LogP contribution in [-0.4, -0.2) is 61.5 Å². The third-order valence-electron chi connectivity index (χ3n) is 5.35. The summed E-state index contributed by atoms with van der Waals surface area (Å²) in [7, 11) is 0. The van der Waals surface area contributed by atoms with Crippen LogP contribution in [-0.2, 0) is 4.79 Å². The highest BCUT2D eigenvalue weighted by atomic mass is 127. The molecule has 1 saturated heterocycles. The molecule has 28 heavy (non-hydrogen) atoms. The molecule has 2 heterocycles. The van der Waals surface area contributed by atoms with Crippen LogP contribution in [0.2, 0.25) is 0 Å². The van der Waals surface area contributed by atoms with Gasteiger partial charge in [0.2, 0.25) is 5.91 Å². The molecule has 1 atom stereocenters. The van der Waals surface area contributed by atoms with Gasteiger partial charge in [0.05, 0.1) is 0 Å². The predicted molar refractivity (Wildman–Crippen MR) is 131 cm³/mol. The molecule has 1 aromatic rings. The number of anilines is 1. The highest BCUT2D eigenvalue weighted by Crippen LogP contribution is 2.38. The summed E-state index contributed by atoms with van der Waals surface area (Å²) in [6.07, 6.45) is 6.00. The molecule has 3 rings (SSSR count).